The van der Waals surface area contributed by atoms with Gasteiger partial charge < -0.3 is 9.42 Å². The number of likely N-dealkylation sites (tertiary alicyclic amines) is 1. The van der Waals surface area contributed by atoms with Gasteiger partial charge in [0.1, 0.15) is 0 Å². The highest BCUT2D eigenvalue weighted by molar-refractivity contribution is 5.91. The van der Waals surface area contributed by atoms with Crippen LogP contribution in [0.25, 0.3) is 6.08 Å². The molecule has 2 aromatic rings. The van der Waals surface area contributed by atoms with Gasteiger partial charge in [-0.3, -0.25) is 4.79 Å². The zero-order valence-corrected chi connectivity index (χ0v) is 12.6. The summed E-state index contributed by atoms with van der Waals surface area (Å²) in [6, 6.07) is 9.83. The summed E-state index contributed by atoms with van der Waals surface area (Å²) in [6.07, 6.45) is 5.42. The minimum absolute atomic E-state index is 0.0322. The molecule has 114 valence electrons. The summed E-state index contributed by atoms with van der Waals surface area (Å²) >= 11 is 0. The summed E-state index contributed by atoms with van der Waals surface area (Å²) in [7, 11) is 0. The molecule has 1 amide bonds. The molecule has 1 atom stereocenters. The van der Waals surface area contributed by atoms with Crippen molar-refractivity contribution in [1.82, 2.24) is 15.0 Å². The quantitative estimate of drug-likeness (QED) is 0.817. The van der Waals surface area contributed by atoms with Gasteiger partial charge in [-0.15, -0.1) is 0 Å². The first-order chi connectivity index (χ1) is 10.7. The molecule has 2 heterocycles. The largest absolute Gasteiger partial charge is 0.339 e. The molecule has 1 aliphatic heterocycles. The molecule has 0 aliphatic carbocycles. The fourth-order valence-electron chi connectivity index (χ4n) is 2.69. The second kappa shape index (κ2) is 6.56. The topological polar surface area (TPSA) is 59.2 Å². The van der Waals surface area contributed by atoms with Crippen molar-refractivity contribution in [3.8, 4) is 0 Å². The molecular formula is C17H19N3O2. The smallest absolute Gasteiger partial charge is 0.246 e. The van der Waals surface area contributed by atoms with Gasteiger partial charge in [-0.2, -0.15) is 4.98 Å². The molecule has 0 N–H and O–H groups in total. The van der Waals surface area contributed by atoms with Crippen LogP contribution in [-0.4, -0.2) is 34.0 Å². The predicted octanol–water partition coefficient (Wildman–Crippen LogP) is 2.80. The average Bonchev–Trinajstić information content (AvgIpc) is 3.00. The first-order valence-corrected chi connectivity index (χ1v) is 7.54. The standard InChI is InChI=1S/C17H19N3O2/c1-13-18-17(22-19-13)15-8-5-11-20(12-15)16(21)10-9-14-6-3-2-4-7-14/h2-4,6-7,9-10,15H,5,8,11-12H2,1H3/b10-9-/t15-/m1/s1. The van der Waals surface area contributed by atoms with Crippen molar-refractivity contribution in [3.63, 3.8) is 0 Å². The predicted molar refractivity (Wildman–Crippen MR) is 83.1 cm³/mol. The minimum atomic E-state index is 0.0322. The van der Waals surface area contributed by atoms with Crippen LogP contribution in [-0.2, 0) is 4.79 Å². The highest BCUT2D eigenvalue weighted by Gasteiger charge is 2.27. The lowest BCUT2D eigenvalue weighted by Gasteiger charge is -2.30. The van der Waals surface area contributed by atoms with Crippen LogP contribution in [0.15, 0.2) is 40.9 Å². The molecule has 1 aliphatic rings. The monoisotopic (exact) mass is 297 g/mol. The summed E-state index contributed by atoms with van der Waals surface area (Å²) in [5, 5.41) is 3.83. The van der Waals surface area contributed by atoms with E-state index in [4.69, 9.17) is 4.52 Å². The highest BCUT2D eigenvalue weighted by atomic mass is 16.5. The molecule has 1 fully saturated rings. The van der Waals surface area contributed by atoms with Crippen molar-refractivity contribution in [2.24, 2.45) is 0 Å². The van der Waals surface area contributed by atoms with E-state index >= 15 is 0 Å². The van der Waals surface area contributed by atoms with Crippen LogP contribution in [0, 0.1) is 6.92 Å². The number of rotatable bonds is 3. The van der Waals surface area contributed by atoms with E-state index in [-0.39, 0.29) is 11.8 Å². The molecule has 0 radical (unpaired) electrons. The molecule has 22 heavy (non-hydrogen) atoms. The fourth-order valence-corrected chi connectivity index (χ4v) is 2.69. The Morgan fingerprint density at radius 2 is 2.18 bits per heavy atom. The minimum Gasteiger partial charge on any atom is -0.339 e. The van der Waals surface area contributed by atoms with Crippen LogP contribution in [0.5, 0.6) is 0 Å². The molecule has 0 bridgehead atoms. The van der Waals surface area contributed by atoms with Gasteiger partial charge in [-0.05, 0) is 31.4 Å². The normalized spacial score (nSPS) is 18.8. The van der Waals surface area contributed by atoms with Crippen LogP contribution in [0.2, 0.25) is 0 Å². The number of piperidine rings is 1. The van der Waals surface area contributed by atoms with Crippen molar-refractivity contribution in [3.05, 3.63) is 53.7 Å². The van der Waals surface area contributed by atoms with Gasteiger partial charge in [0.05, 0.1) is 5.92 Å². The number of carbonyl (C=O) groups excluding carboxylic acids is 1. The zero-order chi connectivity index (χ0) is 15.4. The third-order valence-electron chi connectivity index (χ3n) is 3.84. The highest BCUT2D eigenvalue weighted by Crippen LogP contribution is 2.25. The summed E-state index contributed by atoms with van der Waals surface area (Å²) in [4.78, 5) is 18.5. The third-order valence-corrected chi connectivity index (χ3v) is 3.84. The number of hydrogen-bond acceptors (Lipinski definition) is 4. The lowest BCUT2D eigenvalue weighted by molar-refractivity contribution is -0.127. The summed E-state index contributed by atoms with van der Waals surface area (Å²) in [6.45, 7) is 3.22. The maximum Gasteiger partial charge on any atom is 0.246 e. The van der Waals surface area contributed by atoms with Gasteiger partial charge in [0.2, 0.25) is 11.8 Å². The maximum atomic E-state index is 12.3. The van der Waals surface area contributed by atoms with E-state index in [1.807, 2.05) is 41.3 Å². The van der Waals surface area contributed by atoms with E-state index in [0.29, 0.717) is 18.3 Å². The van der Waals surface area contributed by atoms with E-state index < -0.39 is 0 Å². The van der Waals surface area contributed by atoms with Crippen molar-refractivity contribution in [2.45, 2.75) is 25.7 Å². The summed E-state index contributed by atoms with van der Waals surface area (Å²) in [5.74, 6) is 1.46. The number of aromatic nitrogens is 2. The van der Waals surface area contributed by atoms with Crippen LogP contribution >= 0.6 is 0 Å². The van der Waals surface area contributed by atoms with Gasteiger partial charge >= 0.3 is 0 Å². The molecule has 1 aromatic carbocycles. The average molecular weight is 297 g/mol. The maximum absolute atomic E-state index is 12.3. The van der Waals surface area contributed by atoms with Crippen molar-refractivity contribution < 1.29 is 9.32 Å². The molecule has 3 rings (SSSR count). The molecule has 1 saturated heterocycles. The Morgan fingerprint density at radius 1 is 1.36 bits per heavy atom. The van der Waals surface area contributed by atoms with Crippen LogP contribution in [0.1, 0.15) is 36.0 Å². The number of nitrogens with zero attached hydrogens (tertiary/aromatic N) is 3. The van der Waals surface area contributed by atoms with Crippen LogP contribution < -0.4 is 0 Å². The van der Waals surface area contributed by atoms with Crippen molar-refractivity contribution >= 4 is 12.0 Å². The molecule has 0 unspecified atom stereocenters. The van der Waals surface area contributed by atoms with E-state index in [0.717, 1.165) is 24.9 Å². The number of benzene rings is 1. The Hall–Kier alpha value is -2.43. The first kappa shape index (κ1) is 14.5. The van der Waals surface area contributed by atoms with E-state index in [2.05, 4.69) is 10.1 Å². The second-order valence-corrected chi connectivity index (χ2v) is 5.55. The SMILES string of the molecule is Cc1noc([C@@H]2CCCN(C(=O)/C=C\c3ccccc3)C2)n1. The van der Waals surface area contributed by atoms with Crippen molar-refractivity contribution in [1.29, 1.82) is 0 Å². The molecule has 0 saturated carbocycles. The molecular weight excluding hydrogens is 278 g/mol. The van der Waals surface area contributed by atoms with Gasteiger partial charge in [0.25, 0.3) is 0 Å². The van der Waals surface area contributed by atoms with E-state index in [1.54, 1.807) is 13.0 Å². The Balaban J connectivity index is 1.64. The lowest BCUT2D eigenvalue weighted by Crippen LogP contribution is -2.38. The van der Waals surface area contributed by atoms with Crippen LogP contribution in [0.3, 0.4) is 0 Å². The number of aryl methyl sites for hydroxylation is 1. The van der Waals surface area contributed by atoms with Gasteiger partial charge in [0.15, 0.2) is 5.82 Å². The van der Waals surface area contributed by atoms with Crippen LogP contribution in [0.4, 0.5) is 0 Å². The Bertz CT molecular complexity index is 664. The molecule has 1 aromatic heterocycles. The second-order valence-electron chi connectivity index (χ2n) is 5.55. The van der Waals surface area contributed by atoms with Gasteiger partial charge in [-0.1, -0.05) is 35.5 Å². The Labute approximate surface area is 129 Å². The van der Waals surface area contributed by atoms with Gasteiger partial charge in [-0.25, -0.2) is 0 Å². The first-order valence-electron chi connectivity index (χ1n) is 7.54. The molecule has 5 nitrogen and oxygen atoms in total. The lowest BCUT2D eigenvalue weighted by atomic mass is 9.98. The summed E-state index contributed by atoms with van der Waals surface area (Å²) < 4.78 is 5.24. The molecule has 5 heteroatoms. The Morgan fingerprint density at radius 3 is 2.91 bits per heavy atom. The zero-order valence-electron chi connectivity index (χ0n) is 12.6. The van der Waals surface area contributed by atoms with E-state index in [1.165, 1.54) is 0 Å². The summed E-state index contributed by atoms with van der Waals surface area (Å²) in [5.41, 5.74) is 1.02. The van der Waals surface area contributed by atoms with Gasteiger partial charge in [0, 0.05) is 19.2 Å². The number of hydrogen-bond donors (Lipinski definition) is 0. The number of carbonyl (C=O) groups is 1. The Kier molecular flexibility index (Phi) is 4.32. The van der Waals surface area contributed by atoms with Crippen molar-refractivity contribution in [2.75, 3.05) is 13.1 Å². The third kappa shape index (κ3) is 3.42. The molecule has 0 spiro atoms. The fraction of sp³-hybridized carbons (Fsp3) is 0.353. The number of amides is 1. The van der Waals surface area contributed by atoms with E-state index in [9.17, 15) is 4.79 Å².